The number of hydrogen-bond donors (Lipinski definition) is 3. The molecule has 6 nitrogen and oxygen atoms in total. The fraction of sp³-hybridized carbons (Fsp3) is 0.500. The van der Waals surface area contributed by atoms with Gasteiger partial charge in [0.1, 0.15) is 6.04 Å². The Hall–Kier alpha value is -1.66. The van der Waals surface area contributed by atoms with Crippen molar-refractivity contribution in [1.29, 1.82) is 0 Å². The van der Waals surface area contributed by atoms with Crippen LogP contribution in [-0.4, -0.2) is 29.8 Å². The van der Waals surface area contributed by atoms with Crippen LogP contribution in [0, 0.1) is 12.8 Å². The third-order valence-corrected chi connectivity index (χ3v) is 4.11. The van der Waals surface area contributed by atoms with Crippen LogP contribution in [0.4, 0.5) is 10.5 Å². The van der Waals surface area contributed by atoms with Crippen molar-refractivity contribution in [1.82, 2.24) is 5.32 Å². The summed E-state index contributed by atoms with van der Waals surface area (Å²) in [6.45, 7) is 7.42. The normalized spacial score (nSPS) is 12.0. The van der Waals surface area contributed by atoms with E-state index in [2.05, 4.69) is 10.6 Å². The maximum atomic E-state index is 12.1. The summed E-state index contributed by atoms with van der Waals surface area (Å²) in [5.41, 5.74) is 0.561. The molecule has 8 heteroatoms. The van der Waals surface area contributed by atoms with E-state index in [1.54, 1.807) is 13.8 Å². The second-order valence-electron chi connectivity index (χ2n) is 5.73. The van der Waals surface area contributed by atoms with Crippen LogP contribution in [0.5, 0.6) is 5.75 Å². The number of benzene rings is 1. The maximum absolute atomic E-state index is 12.1. The van der Waals surface area contributed by atoms with Crippen LogP contribution in [0.15, 0.2) is 6.07 Å². The molecule has 0 heterocycles. The molecule has 0 bridgehead atoms. The van der Waals surface area contributed by atoms with Gasteiger partial charge in [0.15, 0.2) is 5.75 Å². The van der Waals surface area contributed by atoms with Crippen molar-refractivity contribution in [2.75, 3.05) is 11.9 Å². The van der Waals surface area contributed by atoms with Crippen molar-refractivity contribution >= 4 is 40.9 Å². The first-order valence-electron chi connectivity index (χ1n) is 7.59. The molecule has 134 valence electrons. The molecule has 0 aliphatic rings. The van der Waals surface area contributed by atoms with E-state index in [1.165, 1.54) is 6.07 Å². The zero-order chi connectivity index (χ0) is 18.4. The zero-order valence-corrected chi connectivity index (χ0v) is 15.6. The minimum absolute atomic E-state index is 0.0558. The number of halogens is 2. The zero-order valence-electron chi connectivity index (χ0n) is 14.1. The van der Waals surface area contributed by atoms with Crippen molar-refractivity contribution in [3.8, 4) is 5.75 Å². The topological polar surface area (TPSA) is 87.7 Å². The van der Waals surface area contributed by atoms with Crippen molar-refractivity contribution in [2.24, 2.45) is 5.92 Å². The van der Waals surface area contributed by atoms with Crippen LogP contribution < -0.4 is 10.6 Å². The van der Waals surface area contributed by atoms with Crippen LogP contribution in [0.25, 0.3) is 0 Å². The summed E-state index contributed by atoms with van der Waals surface area (Å²) in [4.78, 5) is 24.1. The second kappa shape index (κ2) is 8.99. The Balaban J connectivity index is 2.88. The molecule has 0 aromatic heterocycles. The van der Waals surface area contributed by atoms with Crippen LogP contribution in [0.2, 0.25) is 10.0 Å². The average molecular weight is 377 g/mol. The summed E-state index contributed by atoms with van der Waals surface area (Å²) in [6.07, 6.45) is 0.424. The first-order valence-corrected chi connectivity index (χ1v) is 8.34. The Bertz CT molecular complexity index is 621. The highest BCUT2D eigenvalue weighted by molar-refractivity contribution is 6.37. The fourth-order valence-corrected chi connectivity index (χ4v) is 2.50. The summed E-state index contributed by atoms with van der Waals surface area (Å²) >= 11 is 12.0. The lowest BCUT2D eigenvalue weighted by Gasteiger charge is -2.20. The largest absolute Gasteiger partial charge is 0.504 e. The van der Waals surface area contributed by atoms with E-state index in [9.17, 15) is 14.7 Å². The fourth-order valence-electron chi connectivity index (χ4n) is 2.04. The summed E-state index contributed by atoms with van der Waals surface area (Å²) in [7, 11) is 0. The molecule has 0 saturated carbocycles. The molecule has 2 amide bonds. The average Bonchev–Trinajstić information content (AvgIpc) is 2.49. The third kappa shape index (κ3) is 5.46. The molecule has 1 atom stereocenters. The number of aromatic hydroxyl groups is 1. The van der Waals surface area contributed by atoms with Gasteiger partial charge in [-0.15, -0.1) is 0 Å². The Morgan fingerprint density at radius 3 is 2.50 bits per heavy atom. The van der Waals surface area contributed by atoms with Crippen LogP contribution in [-0.2, 0) is 9.53 Å². The van der Waals surface area contributed by atoms with E-state index in [0.29, 0.717) is 17.0 Å². The molecule has 3 N–H and O–H groups in total. The summed E-state index contributed by atoms with van der Waals surface area (Å²) < 4.78 is 4.96. The number of phenols is 1. The number of esters is 1. The number of rotatable bonds is 6. The number of amides is 2. The lowest BCUT2D eigenvalue weighted by atomic mass is 10.0. The minimum atomic E-state index is -0.788. The van der Waals surface area contributed by atoms with Crippen molar-refractivity contribution in [3.05, 3.63) is 21.7 Å². The van der Waals surface area contributed by atoms with Crippen molar-refractivity contribution in [3.63, 3.8) is 0 Å². The van der Waals surface area contributed by atoms with E-state index in [1.807, 2.05) is 13.8 Å². The minimum Gasteiger partial charge on any atom is -0.504 e. The van der Waals surface area contributed by atoms with E-state index < -0.39 is 18.0 Å². The highest BCUT2D eigenvalue weighted by atomic mass is 35.5. The molecule has 0 fully saturated rings. The quantitative estimate of drug-likeness (QED) is 0.514. The Morgan fingerprint density at radius 2 is 1.96 bits per heavy atom. The third-order valence-electron chi connectivity index (χ3n) is 3.25. The summed E-state index contributed by atoms with van der Waals surface area (Å²) in [6, 6.07) is -0.0667. The highest BCUT2D eigenvalue weighted by Crippen LogP contribution is 2.38. The number of nitrogens with one attached hydrogen (secondary N) is 2. The number of hydrogen-bond acceptors (Lipinski definition) is 4. The molecule has 0 saturated heterocycles. The summed E-state index contributed by atoms with van der Waals surface area (Å²) in [5.74, 6) is -0.618. The lowest BCUT2D eigenvalue weighted by molar-refractivity contribution is -0.145. The molecule has 1 rings (SSSR count). The first-order chi connectivity index (χ1) is 11.2. The second-order valence-corrected chi connectivity index (χ2v) is 6.51. The molecule has 0 aliphatic heterocycles. The Kier molecular flexibility index (Phi) is 7.63. The SMILES string of the molecule is CCOC(=O)C(CC(C)C)NC(=O)Nc1cc(Cl)c(C)c(Cl)c1O. The lowest BCUT2D eigenvalue weighted by Crippen LogP contribution is -2.44. The van der Waals surface area contributed by atoms with Gasteiger partial charge in [0.25, 0.3) is 0 Å². The molecule has 1 aromatic rings. The predicted molar refractivity (Wildman–Crippen MR) is 94.9 cm³/mol. The number of anilines is 1. The van der Waals surface area contributed by atoms with Crippen LogP contribution >= 0.6 is 23.2 Å². The van der Waals surface area contributed by atoms with E-state index in [-0.39, 0.29) is 29.0 Å². The molecule has 1 aromatic carbocycles. The molecule has 24 heavy (non-hydrogen) atoms. The number of carbonyl (C=O) groups excluding carboxylic acids is 2. The monoisotopic (exact) mass is 376 g/mol. The van der Waals surface area contributed by atoms with Gasteiger partial charge in [-0.25, -0.2) is 9.59 Å². The van der Waals surface area contributed by atoms with Gasteiger partial charge in [0.05, 0.1) is 17.3 Å². The Labute approximate surface area is 151 Å². The molecule has 1 unspecified atom stereocenters. The van der Waals surface area contributed by atoms with Crippen molar-refractivity contribution < 1.29 is 19.4 Å². The molecular formula is C16H22Cl2N2O4. The van der Waals surface area contributed by atoms with Gasteiger partial charge in [0.2, 0.25) is 0 Å². The van der Waals surface area contributed by atoms with Gasteiger partial charge in [-0.3, -0.25) is 0 Å². The van der Waals surface area contributed by atoms with Crippen LogP contribution in [0.1, 0.15) is 32.8 Å². The molecule has 0 spiro atoms. The van der Waals surface area contributed by atoms with Gasteiger partial charge in [-0.2, -0.15) is 0 Å². The highest BCUT2D eigenvalue weighted by Gasteiger charge is 2.24. The van der Waals surface area contributed by atoms with E-state index >= 15 is 0 Å². The first kappa shape index (κ1) is 20.4. The maximum Gasteiger partial charge on any atom is 0.328 e. The summed E-state index contributed by atoms with van der Waals surface area (Å²) in [5, 5.41) is 15.3. The van der Waals surface area contributed by atoms with Crippen LogP contribution in [0.3, 0.4) is 0 Å². The number of phenolic OH excluding ortho intramolecular Hbond substituents is 1. The predicted octanol–water partition coefficient (Wildman–Crippen LogP) is 4.11. The van der Waals surface area contributed by atoms with Crippen molar-refractivity contribution in [2.45, 2.75) is 40.2 Å². The van der Waals surface area contributed by atoms with Gasteiger partial charge in [-0.1, -0.05) is 37.0 Å². The van der Waals surface area contributed by atoms with E-state index in [0.717, 1.165) is 0 Å². The van der Waals surface area contributed by atoms with Gasteiger partial charge < -0.3 is 20.5 Å². The smallest absolute Gasteiger partial charge is 0.328 e. The van der Waals surface area contributed by atoms with Gasteiger partial charge >= 0.3 is 12.0 Å². The van der Waals surface area contributed by atoms with E-state index in [4.69, 9.17) is 27.9 Å². The molecular weight excluding hydrogens is 355 g/mol. The van der Waals surface area contributed by atoms with Gasteiger partial charge in [0, 0.05) is 5.02 Å². The standard InChI is InChI=1S/C16H22Cl2N2O4/c1-5-24-15(22)12(6-8(2)3)20-16(23)19-11-7-10(17)9(4)13(18)14(11)21/h7-8,12,21H,5-6H2,1-4H3,(H2,19,20,23). The molecule has 0 radical (unpaired) electrons. The molecule has 0 aliphatic carbocycles. The number of carbonyl (C=O) groups is 2. The van der Waals surface area contributed by atoms with Gasteiger partial charge in [-0.05, 0) is 37.8 Å². The Morgan fingerprint density at radius 1 is 1.33 bits per heavy atom. The number of ether oxygens (including phenoxy) is 1. The number of urea groups is 1.